The summed E-state index contributed by atoms with van der Waals surface area (Å²) in [5, 5.41) is 3.34. The summed E-state index contributed by atoms with van der Waals surface area (Å²) in [6.45, 7) is 3.08. The van der Waals surface area contributed by atoms with Crippen LogP contribution in [0.4, 0.5) is 0 Å². The van der Waals surface area contributed by atoms with Gasteiger partial charge in [-0.25, -0.2) is 0 Å². The Labute approximate surface area is 127 Å². The van der Waals surface area contributed by atoms with Gasteiger partial charge in [-0.1, -0.05) is 19.3 Å². The highest BCUT2D eigenvalue weighted by Crippen LogP contribution is 2.20. The van der Waals surface area contributed by atoms with Gasteiger partial charge in [0.15, 0.2) is 0 Å². The molecule has 0 aromatic carbocycles. The van der Waals surface area contributed by atoms with Gasteiger partial charge in [-0.3, -0.25) is 9.11 Å². The molecule has 20 heavy (non-hydrogen) atoms. The Morgan fingerprint density at radius 2 is 1.70 bits per heavy atom. The molecule has 0 heterocycles. The predicted molar refractivity (Wildman–Crippen MR) is 83.0 cm³/mol. The first-order chi connectivity index (χ1) is 9.43. The van der Waals surface area contributed by atoms with E-state index in [0.717, 1.165) is 25.4 Å². The van der Waals surface area contributed by atoms with Crippen molar-refractivity contribution in [1.29, 1.82) is 0 Å². The van der Waals surface area contributed by atoms with Crippen molar-refractivity contribution in [3.63, 3.8) is 0 Å². The smallest absolute Gasteiger partial charge is 0.378 e. The summed E-state index contributed by atoms with van der Waals surface area (Å²) in [7, 11) is -4.67. The molecule has 3 N–H and O–H groups in total. The fourth-order valence-electron chi connectivity index (χ4n) is 2.04. The van der Waals surface area contributed by atoms with Gasteiger partial charge in [-0.2, -0.15) is 21.0 Å². The van der Waals surface area contributed by atoms with Crippen molar-refractivity contribution < 1.29 is 22.3 Å². The fraction of sp³-hybridized carbons (Fsp3) is 1.00. The van der Waals surface area contributed by atoms with E-state index < -0.39 is 10.4 Å². The zero-order valence-corrected chi connectivity index (χ0v) is 13.5. The van der Waals surface area contributed by atoms with Crippen molar-refractivity contribution in [2.75, 3.05) is 25.4 Å². The van der Waals surface area contributed by atoms with Gasteiger partial charge in [0.2, 0.25) is 0 Å². The minimum Gasteiger partial charge on any atom is -0.378 e. The molecular weight excluding hydrogens is 302 g/mol. The Morgan fingerprint density at radius 3 is 2.25 bits per heavy atom. The van der Waals surface area contributed by atoms with Gasteiger partial charge < -0.3 is 10.1 Å². The molecule has 1 rings (SSSR count). The maximum Gasteiger partial charge on any atom is 0.394 e. The number of hydrogen-bond acceptors (Lipinski definition) is 5. The van der Waals surface area contributed by atoms with Crippen molar-refractivity contribution in [2.24, 2.45) is 0 Å². The highest BCUT2D eigenvalue weighted by molar-refractivity contribution is 7.80. The minimum atomic E-state index is -4.67. The maximum atomic E-state index is 8.74. The zero-order chi connectivity index (χ0) is 15.3. The van der Waals surface area contributed by atoms with E-state index in [-0.39, 0.29) is 0 Å². The van der Waals surface area contributed by atoms with E-state index >= 15 is 0 Å². The molecule has 0 aromatic rings. The molecule has 8 heteroatoms. The second-order valence-corrected chi connectivity index (χ2v) is 6.10. The van der Waals surface area contributed by atoms with Gasteiger partial charge in [0.1, 0.15) is 0 Å². The predicted octanol–water partition coefficient (Wildman–Crippen LogP) is 1.98. The Bertz CT molecular complexity index is 297. The van der Waals surface area contributed by atoms with Crippen LogP contribution in [0.5, 0.6) is 0 Å². The summed E-state index contributed by atoms with van der Waals surface area (Å²) < 4.78 is 37.4. The lowest BCUT2D eigenvalue weighted by atomic mass is 9.98. The number of rotatable bonds is 8. The summed E-state index contributed by atoms with van der Waals surface area (Å²) >= 11 is 4.15. The Hall–Kier alpha value is 0.140. The van der Waals surface area contributed by atoms with E-state index in [2.05, 4.69) is 17.9 Å². The molecular formula is C12H27NO5S2. The van der Waals surface area contributed by atoms with E-state index in [1.54, 1.807) is 0 Å². The molecule has 122 valence electrons. The van der Waals surface area contributed by atoms with Crippen molar-refractivity contribution in [1.82, 2.24) is 5.32 Å². The standard InChI is InChI=1S/C12H25NOS.H2O4S/c15-11-9-13-8-4-5-10-14-12-6-2-1-3-7-12;1-5(2,3)4/h12-13,15H,1-11H2;(H2,1,2,3,4). The van der Waals surface area contributed by atoms with E-state index in [0.29, 0.717) is 6.10 Å². The SMILES string of the molecule is O=S(=O)(O)O.SCCNCCCCOC1CCCCC1. The lowest BCUT2D eigenvalue weighted by Gasteiger charge is -2.21. The van der Waals surface area contributed by atoms with Gasteiger partial charge in [-0.15, -0.1) is 0 Å². The molecule has 0 aromatic heterocycles. The first-order valence-electron chi connectivity index (χ1n) is 7.06. The molecule has 6 nitrogen and oxygen atoms in total. The van der Waals surface area contributed by atoms with Crippen molar-refractivity contribution in [3.8, 4) is 0 Å². The van der Waals surface area contributed by atoms with Crippen LogP contribution in [-0.4, -0.2) is 49.1 Å². The van der Waals surface area contributed by atoms with E-state index in [1.807, 2.05) is 0 Å². The van der Waals surface area contributed by atoms with Gasteiger partial charge in [0.25, 0.3) is 0 Å². The summed E-state index contributed by atoms with van der Waals surface area (Å²) in [5.74, 6) is 0.929. The number of ether oxygens (including phenoxy) is 1. The van der Waals surface area contributed by atoms with Gasteiger partial charge in [0, 0.05) is 18.9 Å². The van der Waals surface area contributed by atoms with Crippen molar-refractivity contribution >= 4 is 23.0 Å². The average molecular weight is 329 g/mol. The molecule has 0 radical (unpaired) electrons. The van der Waals surface area contributed by atoms with Crippen LogP contribution in [0.25, 0.3) is 0 Å². The second-order valence-electron chi connectivity index (χ2n) is 4.76. The quantitative estimate of drug-likeness (QED) is 0.309. The lowest BCUT2D eigenvalue weighted by molar-refractivity contribution is 0.0265. The van der Waals surface area contributed by atoms with Crippen molar-refractivity contribution in [3.05, 3.63) is 0 Å². The van der Waals surface area contributed by atoms with Crippen LogP contribution in [-0.2, 0) is 15.1 Å². The third-order valence-corrected chi connectivity index (χ3v) is 3.17. The average Bonchev–Trinajstić information content (AvgIpc) is 2.37. The first-order valence-corrected chi connectivity index (χ1v) is 9.09. The summed E-state index contributed by atoms with van der Waals surface area (Å²) in [5.41, 5.74) is 0. The third-order valence-electron chi connectivity index (χ3n) is 2.94. The Kier molecular flexibility index (Phi) is 12.9. The lowest BCUT2D eigenvalue weighted by Crippen LogP contribution is -2.20. The normalized spacial score (nSPS) is 16.6. The summed E-state index contributed by atoms with van der Waals surface area (Å²) in [4.78, 5) is 0. The van der Waals surface area contributed by atoms with Crippen LogP contribution in [0, 0.1) is 0 Å². The first kappa shape index (κ1) is 20.1. The topological polar surface area (TPSA) is 95.9 Å². The van der Waals surface area contributed by atoms with Gasteiger partial charge >= 0.3 is 10.4 Å². The van der Waals surface area contributed by atoms with Gasteiger partial charge in [-0.05, 0) is 32.2 Å². The number of nitrogens with one attached hydrogen (secondary N) is 1. The summed E-state index contributed by atoms with van der Waals surface area (Å²) in [6, 6.07) is 0. The van der Waals surface area contributed by atoms with Crippen LogP contribution in [0.2, 0.25) is 0 Å². The Balaban J connectivity index is 0.000000621. The Morgan fingerprint density at radius 1 is 1.10 bits per heavy atom. The van der Waals surface area contributed by atoms with Crippen LogP contribution < -0.4 is 5.32 Å². The van der Waals surface area contributed by atoms with Crippen LogP contribution in [0.15, 0.2) is 0 Å². The molecule has 0 spiro atoms. The van der Waals surface area contributed by atoms with Gasteiger partial charge in [0.05, 0.1) is 6.10 Å². The molecule has 0 aliphatic heterocycles. The van der Waals surface area contributed by atoms with Crippen LogP contribution in [0.1, 0.15) is 44.9 Å². The monoisotopic (exact) mass is 329 g/mol. The van der Waals surface area contributed by atoms with E-state index in [1.165, 1.54) is 44.9 Å². The molecule has 1 fully saturated rings. The molecule has 1 aliphatic carbocycles. The summed E-state index contributed by atoms with van der Waals surface area (Å²) in [6.07, 6.45) is 9.71. The molecule has 0 bridgehead atoms. The van der Waals surface area contributed by atoms with E-state index in [9.17, 15) is 0 Å². The van der Waals surface area contributed by atoms with E-state index in [4.69, 9.17) is 22.3 Å². The highest BCUT2D eigenvalue weighted by Gasteiger charge is 2.12. The molecule has 1 aliphatic rings. The highest BCUT2D eigenvalue weighted by atomic mass is 32.3. The van der Waals surface area contributed by atoms with Crippen molar-refractivity contribution in [2.45, 2.75) is 51.0 Å². The molecule has 0 amide bonds. The van der Waals surface area contributed by atoms with Crippen LogP contribution >= 0.6 is 12.6 Å². The molecule has 0 saturated heterocycles. The number of hydrogen-bond donors (Lipinski definition) is 4. The molecule has 0 unspecified atom stereocenters. The van der Waals surface area contributed by atoms with Crippen LogP contribution in [0.3, 0.4) is 0 Å². The fourth-order valence-corrected chi connectivity index (χ4v) is 2.20. The second kappa shape index (κ2) is 12.8. The largest absolute Gasteiger partial charge is 0.394 e. The minimum absolute atomic E-state index is 0.573. The maximum absolute atomic E-state index is 8.74. The molecule has 1 saturated carbocycles. The number of unbranched alkanes of at least 4 members (excludes halogenated alkanes) is 1. The zero-order valence-electron chi connectivity index (χ0n) is 11.8. The number of thiol groups is 1. The molecule has 0 atom stereocenters. The third kappa shape index (κ3) is 18.1.